The number of rotatable bonds is 4. The molecule has 0 saturated carbocycles. The highest BCUT2D eigenvalue weighted by molar-refractivity contribution is 7.91. The maximum atomic E-state index is 11.5. The Kier molecular flexibility index (Phi) is 3.40. The van der Waals surface area contributed by atoms with Crippen LogP contribution in [0.2, 0.25) is 0 Å². The summed E-state index contributed by atoms with van der Waals surface area (Å²) in [6.45, 7) is 3.06. The summed E-state index contributed by atoms with van der Waals surface area (Å²) in [5.41, 5.74) is 0. The third-order valence-electron chi connectivity index (χ3n) is 2.22. The van der Waals surface area contributed by atoms with E-state index in [9.17, 15) is 8.42 Å². The summed E-state index contributed by atoms with van der Waals surface area (Å²) in [5.74, 6) is 0.822. The van der Waals surface area contributed by atoms with Crippen molar-refractivity contribution in [2.45, 2.75) is 25.0 Å². The number of aromatic nitrogens is 2. The van der Waals surface area contributed by atoms with Crippen LogP contribution < -0.4 is 0 Å². The normalized spacial score (nSPS) is 13.1. The first-order valence-electron chi connectivity index (χ1n) is 4.37. The van der Waals surface area contributed by atoms with Crippen molar-refractivity contribution >= 4 is 21.4 Å². The van der Waals surface area contributed by atoms with E-state index >= 15 is 0 Å². The Labute approximate surface area is 93.8 Å². The lowest BCUT2D eigenvalue weighted by Crippen LogP contribution is -2.28. The van der Waals surface area contributed by atoms with E-state index in [0.29, 0.717) is 18.2 Å². The average molecular weight is 253 g/mol. The minimum absolute atomic E-state index is 0.102. The molecule has 0 bridgehead atoms. The molecule has 5 nitrogen and oxygen atoms in total. The van der Waals surface area contributed by atoms with Gasteiger partial charge in [-0.05, 0) is 13.8 Å². The molecular formula is C8H13ClN2O3S. The monoisotopic (exact) mass is 252 g/mol. The molecule has 0 N–H and O–H groups in total. The summed E-state index contributed by atoms with van der Waals surface area (Å²) in [5, 5.41) is 7.44. The van der Waals surface area contributed by atoms with E-state index in [-0.39, 0.29) is 5.89 Å². The maximum Gasteiger partial charge on any atom is 0.237 e. The number of hydrogen-bond acceptors (Lipinski definition) is 5. The van der Waals surface area contributed by atoms with Crippen LogP contribution in [0.4, 0.5) is 0 Å². The van der Waals surface area contributed by atoms with Gasteiger partial charge in [0, 0.05) is 18.6 Å². The van der Waals surface area contributed by atoms with Gasteiger partial charge in [-0.2, -0.15) is 0 Å². The Hall–Kier alpha value is -0.620. The number of hydrogen-bond donors (Lipinski definition) is 0. The van der Waals surface area contributed by atoms with Gasteiger partial charge in [-0.25, -0.2) is 8.42 Å². The third kappa shape index (κ3) is 2.49. The predicted molar refractivity (Wildman–Crippen MR) is 56.6 cm³/mol. The van der Waals surface area contributed by atoms with Crippen LogP contribution in [0.5, 0.6) is 0 Å². The first kappa shape index (κ1) is 12.4. The minimum atomic E-state index is -3.29. The SMILES string of the molecule is CC(C)(c1nnc(CCCl)o1)S(C)(=O)=O. The van der Waals surface area contributed by atoms with Crippen LogP contribution in [-0.2, 0) is 21.0 Å². The Balaban J connectivity index is 3.06. The topological polar surface area (TPSA) is 73.1 Å². The second-order valence-electron chi connectivity index (χ2n) is 3.72. The molecule has 0 fully saturated rings. The van der Waals surface area contributed by atoms with Crippen LogP contribution in [0.1, 0.15) is 25.6 Å². The van der Waals surface area contributed by atoms with Gasteiger partial charge in [0.15, 0.2) is 9.84 Å². The maximum absolute atomic E-state index is 11.5. The second kappa shape index (κ2) is 4.09. The van der Waals surface area contributed by atoms with Crippen molar-refractivity contribution in [3.8, 4) is 0 Å². The molecule has 0 atom stereocenters. The number of aryl methyl sites for hydroxylation is 1. The first-order valence-corrected chi connectivity index (χ1v) is 6.80. The molecule has 1 aromatic rings. The van der Waals surface area contributed by atoms with Crippen LogP contribution in [0.3, 0.4) is 0 Å². The van der Waals surface area contributed by atoms with Gasteiger partial charge in [0.2, 0.25) is 11.8 Å². The van der Waals surface area contributed by atoms with Crippen molar-refractivity contribution < 1.29 is 12.8 Å². The molecule has 0 aromatic carbocycles. The van der Waals surface area contributed by atoms with E-state index in [1.54, 1.807) is 0 Å². The van der Waals surface area contributed by atoms with Crippen molar-refractivity contribution in [2.24, 2.45) is 0 Å². The van der Waals surface area contributed by atoms with Gasteiger partial charge in [0.1, 0.15) is 4.75 Å². The Morgan fingerprint density at radius 1 is 1.40 bits per heavy atom. The zero-order valence-corrected chi connectivity index (χ0v) is 10.4. The quantitative estimate of drug-likeness (QED) is 0.751. The van der Waals surface area contributed by atoms with Gasteiger partial charge in [0.05, 0.1) is 0 Å². The van der Waals surface area contributed by atoms with Crippen LogP contribution in [-0.4, -0.2) is 30.8 Å². The molecular weight excluding hydrogens is 240 g/mol. The van der Waals surface area contributed by atoms with Gasteiger partial charge >= 0.3 is 0 Å². The van der Waals surface area contributed by atoms with E-state index in [0.717, 1.165) is 6.26 Å². The lowest BCUT2D eigenvalue weighted by Gasteiger charge is -2.16. The van der Waals surface area contributed by atoms with Gasteiger partial charge in [-0.3, -0.25) is 0 Å². The Morgan fingerprint density at radius 2 is 2.00 bits per heavy atom. The van der Waals surface area contributed by atoms with Crippen molar-refractivity contribution in [1.82, 2.24) is 10.2 Å². The molecule has 86 valence electrons. The fourth-order valence-corrected chi connectivity index (χ4v) is 1.40. The van der Waals surface area contributed by atoms with Crippen LogP contribution >= 0.6 is 11.6 Å². The standard InChI is InChI=1S/C8H13ClN2O3S/c1-8(2,15(3,12)13)7-11-10-6(14-7)4-5-9/h4-5H2,1-3H3. The highest BCUT2D eigenvalue weighted by Gasteiger charge is 2.37. The molecule has 0 aliphatic rings. The number of alkyl halides is 1. The Bertz CT molecular complexity index is 438. The summed E-state index contributed by atoms with van der Waals surface area (Å²) < 4.78 is 27.0. The van der Waals surface area contributed by atoms with E-state index in [2.05, 4.69) is 10.2 Å². The molecule has 0 unspecified atom stereocenters. The highest BCUT2D eigenvalue weighted by atomic mass is 35.5. The molecule has 1 aromatic heterocycles. The van der Waals surface area contributed by atoms with Crippen molar-refractivity contribution in [1.29, 1.82) is 0 Å². The van der Waals surface area contributed by atoms with Crippen molar-refractivity contribution in [2.75, 3.05) is 12.1 Å². The smallest absolute Gasteiger partial charge is 0.237 e. The van der Waals surface area contributed by atoms with E-state index in [1.807, 2.05) is 0 Å². The van der Waals surface area contributed by atoms with Crippen LogP contribution in [0.25, 0.3) is 0 Å². The minimum Gasteiger partial charge on any atom is -0.424 e. The van der Waals surface area contributed by atoms with Gasteiger partial charge in [-0.15, -0.1) is 21.8 Å². The molecule has 0 radical (unpaired) electrons. The lowest BCUT2D eigenvalue weighted by molar-refractivity contribution is 0.409. The van der Waals surface area contributed by atoms with Gasteiger partial charge in [-0.1, -0.05) is 0 Å². The van der Waals surface area contributed by atoms with E-state index in [4.69, 9.17) is 16.0 Å². The summed E-state index contributed by atoms with van der Waals surface area (Å²) in [4.78, 5) is 0. The molecule has 0 spiro atoms. The summed E-state index contributed by atoms with van der Waals surface area (Å²) in [6, 6.07) is 0. The zero-order chi connectivity index (χ0) is 11.7. The fourth-order valence-electron chi connectivity index (χ4n) is 0.837. The zero-order valence-electron chi connectivity index (χ0n) is 8.82. The van der Waals surface area contributed by atoms with Crippen molar-refractivity contribution in [3.63, 3.8) is 0 Å². The molecule has 0 amide bonds. The van der Waals surface area contributed by atoms with Crippen molar-refractivity contribution in [3.05, 3.63) is 11.8 Å². The predicted octanol–water partition coefficient (Wildman–Crippen LogP) is 1.13. The fraction of sp³-hybridized carbons (Fsp3) is 0.750. The largest absolute Gasteiger partial charge is 0.424 e. The third-order valence-corrected chi connectivity index (χ3v) is 4.43. The summed E-state index contributed by atoms with van der Waals surface area (Å²) >= 11 is 5.50. The van der Waals surface area contributed by atoms with Gasteiger partial charge in [0.25, 0.3) is 0 Å². The molecule has 1 rings (SSSR count). The summed E-state index contributed by atoms with van der Waals surface area (Å²) in [7, 11) is -3.29. The molecule has 1 heterocycles. The molecule has 0 aliphatic heterocycles. The Morgan fingerprint density at radius 3 is 2.47 bits per heavy atom. The second-order valence-corrected chi connectivity index (χ2v) is 6.67. The average Bonchev–Trinajstić information content (AvgIpc) is 2.51. The van der Waals surface area contributed by atoms with Crippen LogP contribution in [0, 0.1) is 0 Å². The lowest BCUT2D eigenvalue weighted by atomic mass is 10.2. The molecule has 15 heavy (non-hydrogen) atoms. The number of sulfone groups is 1. The first-order chi connectivity index (χ1) is 6.79. The molecule has 0 aliphatic carbocycles. The van der Waals surface area contributed by atoms with Crippen LogP contribution in [0.15, 0.2) is 4.42 Å². The molecule has 0 saturated heterocycles. The highest BCUT2D eigenvalue weighted by Crippen LogP contribution is 2.27. The van der Waals surface area contributed by atoms with Gasteiger partial charge < -0.3 is 4.42 Å². The number of nitrogens with zero attached hydrogens (tertiary/aromatic N) is 2. The van der Waals surface area contributed by atoms with E-state index < -0.39 is 14.6 Å². The number of halogens is 1. The van der Waals surface area contributed by atoms with E-state index in [1.165, 1.54) is 13.8 Å². The molecule has 7 heteroatoms. The summed E-state index contributed by atoms with van der Waals surface area (Å²) in [6.07, 6.45) is 1.58.